The average Bonchev–Trinajstić information content (AvgIpc) is 2.13. The van der Waals surface area contributed by atoms with E-state index in [1.54, 1.807) is 0 Å². The molecule has 0 rings (SSSR count). The van der Waals surface area contributed by atoms with Crippen LogP contribution in [0.15, 0.2) is 0 Å². The lowest BCUT2D eigenvalue weighted by atomic mass is 9.93. The molecule has 0 spiro atoms. The predicted molar refractivity (Wildman–Crippen MR) is 80.1 cm³/mol. The first-order valence-corrected chi connectivity index (χ1v) is 6.86. The first kappa shape index (κ1) is 17.9. The summed E-state index contributed by atoms with van der Waals surface area (Å²) in [6.45, 7) is 18.0. The lowest BCUT2D eigenvalue weighted by Crippen LogP contribution is -2.45. The fraction of sp³-hybridized carbons (Fsp3) is 1.00. The molecule has 0 aromatic heterocycles. The number of likely N-dealkylation sites (N-methyl/N-ethyl adjacent to an activating group) is 1. The molecule has 0 aromatic carbocycles. The maximum Gasteiger partial charge on any atom is 0.0645 e. The summed E-state index contributed by atoms with van der Waals surface area (Å²) in [5.41, 5.74) is 0.420. The van der Waals surface area contributed by atoms with Gasteiger partial charge in [-0.1, -0.05) is 13.8 Å². The first-order valence-electron chi connectivity index (χ1n) is 6.86. The molecule has 3 heteroatoms. The summed E-state index contributed by atoms with van der Waals surface area (Å²) in [5, 5.41) is 3.54. The molecule has 0 amide bonds. The minimum absolute atomic E-state index is 0.0908. The van der Waals surface area contributed by atoms with E-state index in [9.17, 15) is 0 Å². The normalized spacial score (nSPS) is 14.3. The van der Waals surface area contributed by atoms with Gasteiger partial charge in [0.15, 0.2) is 0 Å². The van der Waals surface area contributed by atoms with Gasteiger partial charge in [-0.3, -0.25) is 0 Å². The molecule has 0 radical (unpaired) electrons. The summed E-state index contributed by atoms with van der Waals surface area (Å²) in [6.07, 6.45) is 0. The Kier molecular flexibility index (Phi) is 6.31. The third kappa shape index (κ3) is 8.06. The highest BCUT2D eigenvalue weighted by atomic mass is 16.5. The van der Waals surface area contributed by atoms with Crippen LogP contribution in [0.1, 0.15) is 48.5 Å². The Balaban J connectivity index is 4.05. The number of nitrogens with one attached hydrogen (secondary N) is 1. The summed E-state index contributed by atoms with van der Waals surface area (Å²) in [5.74, 6) is 0. The molecule has 0 unspecified atom stereocenters. The summed E-state index contributed by atoms with van der Waals surface area (Å²) < 4.78 is 5.91. The molecule has 0 aliphatic carbocycles. The fourth-order valence-electron chi connectivity index (χ4n) is 1.26. The Hall–Kier alpha value is -0.120. The second kappa shape index (κ2) is 6.36. The summed E-state index contributed by atoms with van der Waals surface area (Å²) in [4.78, 5) is 2.20. The number of nitrogens with zero attached hydrogens (tertiary/aromatic N) is 1. The van der Waals surface area contributed by atoms with Gasteiger partial charge in [0.2, 0.25) is 0 Å². The van der Waals surface area contributed by atoms with E-state index in [1.165, 1.54) is 0 Å². The van der Waals surface area contributed by atoms with Crippen molar-refractivity contribution >= 4 is 0 Å². The van der Waals surface area contributed by atoms with Crippen LogP contribution in [0.25, 0.3) is 0 Å². The Morgan fingerprint density at radius 3 is 1.78 bits per heavy atom. The van der Waals surface area contributed by atoms with Gasteiger partial charge in [0.05, 0.1) is 13.2 Å². The van der Waals surface area contributed by atoms with Crippen molar-refractivity contribution in [1.29, 1.82) is 0 Å². The van der Waals surface area contributed by atoms with Crippen LogP contribution in [-0.2, 0) is 4.74 Å². The Morgan fingerprint density at radius 2 is 1.39 bits per heavy atom. The molecule has 0 bridgehead atoms. The minimum Gasteiger partial charge on any atom is -0.379 e. The van der Waals surface area contributed by atoms with Crippen LogP contribution < -0.4 is 5.32 Å². The lowest BCUT2D eigenvalue weighted by molar-refractivity contribution is -0.000811. The molecule has 3 nitrogen and oxygen atoms in total. The topological polar surface area (TPSA) is 24.5 Å². The molecule has 0 saturated heterocycles. The molecule has 0 atom stereocenters. The Bertz CT molecular complexity index is 239. The van der Waals surface area contributed by atoms with Crippen molar-refractivity contribution in [2.75, 3.05) is 33.9 Å². The van der Waals surface area contributed by atoms with Crippen molar-refractivity contribution in [3.8, 4) is 0 Å². The standard InChI is InChI=1S/C15H34N2O/c1-13(2,3)16-10-14(4,5)11-18-12-15(6,7)17(8)9/h16H,10-12H2,1-9H3. The van der Waals surface area contributed by atoms with Crippen molar-refractivity contribution in [3.05, 3.63) is 0 Å². The number of ether oxygens (including phenoxy) is 1. The lowest BCUT2D eigenvalue weighted by Gasteiger charge is -2.35. The molecule has 0 heterocycles. The van der Waals surface area contributed by atoms with Crippen molar-refractivity contribution in [2.45, 2.75) is 59.5 Å². The van der Waals surface area contributed by atoms with Gasteiger partial charge in [0.1, 0.15) is 0 Å². The Morgan fingerprint density at radius 1 is 0.889 bits per heavy atom. The molecule has 0 aliphatic rings. The zero-order valence-corrected chi connectivity index (χ0v) is 14.0. The highest BCUT2D eigenvalue weighted by Gasteiger charge is 2.25. The van der Waals surface area contributed by atoms with E-state index < -0.39 is 0 Å². The first-order chi connectivity index (χ1) is 7.86. The largest absolute Gasteiger partial charge is 0.379 e. The van der Waals surface area contributed by atoms with E-state index in [4.69, 9.17) is 4.74 Å². The third-order valence-electron chi connectivity index (χ3n) is 3.26. The maximum absolute atomic E-state index is 5.91. The summed E-state index contributed by atoms with van der Waals surface area (Å²) in [6, 6.07) is 0. The van der Waals surface area contributed by atoms with E-state index in [-0.39, 0.29) is 16.5 Å². The van der Waals surface area contributed by atoms with Crippen molar-refractivity contribution in [2.24, 2.45) is 5.41 Å². The highest BCUT2D eigenvalue weighted by molar-refractivity contribution is 4.80. The van der Waals surface area contributed by atoms with Gasteiger partial charge in [0.25, 0.3) is 0 Å². The van der Waals surface area contributed by atoms with Crippen LogP contribution in [0.3, 0.4) is 0 Å². The zero-order valence-electron chi connectivity index (χ0n) is 14.0. The fourth-order valence-corrected chi connectivity index (χ4v) is 1.26. The van der Waals surface area contributed by atoms with Gasteiger partial charge in [-0.05, 0) is 48.7 Å². The van der Waals surface area contributed by atoms with Crippen LogP contribution in [0.4, 0.5) is 0 Å². The van der Waals surface area contributed by atoms with E-state index in [1.807, 2.05) is 0 Å². The van der Waals surface area contributed by atoms with Gasteiger partial charge >= 0.3 is 0 Å². The van der Waals surface area contributed by atoms with Crippen LogP contribution in [0.2, 0.25) is 0 Å². The number of hydrogen-bond donors (Lipinski definition) is 1. The zero-order chi connectivity index (χ0) is 14.6. The highest BCUT2D eigenvalue weighted by Crippen LogP contribution is 2.18. The minimum atomic E-state index is 0.0908. The Labute approximate surface area is 114 Å². The second-order valence-electron chi connectivity index (χ2n) is 7.97. The van der Waals surface area contributed by atoms with E-state index in [0.717, 1.165) is 19.8 Å². The van der Waals surface area contributed by atoms with Crippen LogP contribution in [-0.4, -0.2) is 49.8 Å². The van der Waals surface area contributed by atoms with Crippen molar-refractivity contribution < 1.29 is 4.74 Å². The monoisotopic (exact) mass is 258 g/mol. The third-order valence-corrected chi connectivity index (χ3v) is 3.26. The quantitative estimate of drug-likeness (QED) is 0.760. The van der Waals surface area contributed by atoms with E-state index in [2.05, 4.69) is 72.8 Å². The molecule has 0 saturated carbocycles. The van der Waals surface area contributed by atoms with Gasteiger partial charge in [0, 0.05) is 23.0 Å². The van der Waals surface area contributed by atoms with Gasteiger partial charge in [-0.25, -0.2) is 0 Å². The molecule has 110 valence electrons. The summed E-state index contributed by atoms with van der Waals surface area (Å²) >= 11 is 0. The van der Waals surface area contributed by atoms with E-state index >= 15 is 0 Å². The van der Waals surface area contributed by atoms with E-state index in [0.29, 0.717) is 0 Å². The van der Waals surface area contributed by atoms with Gasteiger partial charge in [-0.15, -0.1) is 0 Å². The van der Waals surface area contributed by atoms with Crippen LogP contribution >= 0.6 is 0 Å². The molecule has 0 aromatic rings. The molecule has 0 fully saturated rings. The van der Waals surface area contributed by atoms with Crippen molar-refractivity contribution in [3.63, 3.8) is 0 Å². The van der Waals surface area contributed by atoms with Gasteiger partial charge in [-0.2, -0.15) is 0 Å². The molecule has 1 N–H and O–H groups in total. The second-order valence-corrected chi connectivity index (χ2v) is 7.97. The molecular weight excluding hydrogens is 224 g/mol. The van der Waals surface area contributed by atoms with Crippen LogP contribution in [0.5, 0.6) is 0 Å². The predicted octanol–water partition coefficient (Wildman–Crippen LogP) is 2.76. The van der Waals surface area contributed by atoms with Gasteiger partial charge < -0.3 is 15.0 Å². The molecule has 18 heavy (non-hydrogen) atoms. The smallest absolute Gasteiger partial charge is 0.0645 e. The number of rotatable bonds is 7. The SMILES string of the molecule is CN(C)C(C)(C)COCC(C)(C)CNC(C)(C)C. The maximum atomic E-state index is 5.91. The summed E-state index contributed by atoms with van der Waals surface area (Å²) in [7, 11) is 4.19. The molecular formula is C15H34N2O. The molecule has 0 aliphatic heterocycles. The van der Waals surface area contributed by atoms with Crippen molar-refractivity contribution in [1.82, 2.24) is 10.2 Å². The average molecular weight is 258 g/mol. The van der Waals surface area contributed by atoms with Crippen LogP contribution in [0, 0.1) is 5.41 Å². The number of hydrogen-bond acceptors (Lipinski definition) is 3.